The molecule has 0 saturated heterocycles. The smallest absolute Gasteiger partial charge is 0.226 e. The molecule has 1 fully saturated rings. The van der Waals surface area contributed by atoms with Gasteiger partial charge in [0, 0.05) is 23.7 Å². The van der Waals surface area contributed by atoms with Gasteiger partial charge in [0.1, 0.15) is 0 Å². The molecule has 1 aromatic heterocycles. The summed E-state index contributed by atoms with van der Waals surface area (Å²) in [4.78, 5) is 8.81. The number of halogens is 1. The summed E-state index contributed by atoms with van der Waals surface area (Å²) in [6.07, 6.45) is 4.72. The van der Waals surface area contributed by atoms with Gasteiger partial charge in [0.05, 0.1) is 6.10 Å². The molecule has 1 aliphatic rings. The topological polar surface area (TPSA) is 47.0 Å². The van der Waals surface area contributed by atoms with Gasteiger partial charge in [-0.1, -0.05) is 0 Å². The average molecular weight is 298 g/mol. The first kappa shape index (κ1) is 15.4. The molecule has 112 valence electrons. The van der Waals surface area contributed by atoms with Gasteiger partial charge in [-0.05, 0) is 52.4 Å². The molecule has 1 N–H and O–H groups in total. The Labute approximate surface area is 126 Å². The molecule has 0 spiro atoms. The van der Waals surface area contributed by atoms with Gasteiger partial charge in [-0.25, -0.2) is 4.98 Å². The molecule has 0 unspecified atom stereocenters. The van der Waals surface area contributed by atoms with E-state index in [1.54, 1.807) is 0 Å². The van der Waals surface area contributed by atoms with Crippen LogP contribution in [0.25, 0.3) is 0 Å². The summed E-state index contributed by atoms with van der Waals surface area (Å²) in [7, 11) is 0. The Balaban J connectivity index is 1.90. The van der Waals surface area contributed by atoms with Gasteiger partial charge in [0.25, 0.3) is 0 Å². The lowest BCUT2D eigenvalue weighted by Gasteiger charge is -2.25. The highest BCUT2D eigenvalue weighted by molar-refractivity contribution is 6.20. The number of ether oxygens (including phenoxy) is 1. The number of anilines is 1. The maximum Gasteiger partial charge on any atom is 0.226 e. The Bertz CT molecular complexity index is 431. The molecule has 5 heteroatoms. The minimum atomic E-state index is 0.121. The van der Waals surface area contributed by atoms with Crippen molar-refractivity contribution in [3.05, 3.63) is 11.8 Å². The van der Waals surface area contributed by atoms with Crippen molar-refractivity contribution in [3.8, 4) is 5.88 Å². The first-order valence-corrected chi connectivity index (χ1v) is 7.87. The van der Waals surface area contributed by atoms with Gasteiger partial charge < -0.3 is 10.1 Å². The standard InChI is InChI=1S/C15H24ClN3O/c1-10(2)20-14-8-11(3)18-15(19-14)17-9-12-4-6-13(16)7-5-12/h8,10,12-13H,4-7,9H2,1-3H3,(H,17,18,19). The number of aromatic nitrogens is 2. The number of nitrogens with one attached hydrogen (secondary N) is 1. The molecule has 0 aliphatic heterocycles. The third-order valence-corrected chi connectivity index (χ3v) is 3.95. The normalized spacial score (nSPS) is 22.9. The Kier molecular flexibility index (Phi) is 5.46. The minimum Gasteiger partial charge on any atom is -0.475 e. The Morgan fingerprint density at radius 2 is 2.00 bits per heavy atom. The Morgan fingerprint density at radius 3 is 2.65 bits per heavy atom. The van der Waals surface area contributed by atoms with Gasteiger partial charge in [-0.15, -0.1) is 11.6 Å². The second kappa shape index (κ2) is 7.11. The van der Waals surface area contributed by atoms with E-state index in [1.165, 1.54) is 12.8 Å². The quantitative estimate of drug-likeness (QED) is 0.840. The number of nitrogens with zero attached hydrogens (tertiary/aromatic N) is 2. The van der Waals surface area contributed by atoms with E-state index in [4.69, 9.17) is 16.3 Å². The zero-order chi connectivity index (χ0) is 14.5. The van der Waals surface area contributed by atoms with Crippen LogP contribution in [0.15, 0.2) is 6.07 Å². The molecular weight excluding hydrogens is 274 g/mol. The number of rotatable bonds is 5. The third kappa shape index (κ3) is 4.82. The van der Waals surface area contributed by atoms with E-state index in [9.17, 15) is 0 Å². The van der Waals surface area contributed by atoms with Crippen molar-refractivity contribution in [3.63, 3.8) is 0 Å². The van der Waals surface area contributed by atoms with Crippen LogP contribution >= 0.6 is 11.6 Å². The highest BCUT2D eigenvalue weighted by Gasteiger charge is 2.19. The molecular formula is C15H24ClN3O. The number of hydrogen-bond acceptors (Lipinski definition) is 4. The van der Waals surface area contributed by atoms with Crippen molar-refractivity contribution in [2.45, 2.75) is 57.9 Å². The second-order valence-corrected chi connectivity index (χ2v) is 6.45. The van der Waals surface area contributed by atoms with Gasteiger partial charge >= 0.3 is 0 Å². The molecule has 1 aromatic rings. The molecule has 0 radical (unpaired) electrons. The van der Waals surface area contributed by atoms with Crippen LogP contribution in [0.5, 0.6) is 5.88 Å². The first-order valence-electron chi connectivity index (χ1n) is 7.43. The number of hydrogen-bond donors (Lipinski definition) is 1. The fraction of sp³-hybridized carbons (Fsp3) is 0.733. The summed E-state index contributed by atoms with van der Waals surface area (Å²) in [6, 6.07) is 1.86. The van der Waals surface area contributed by atoms with Crippen LogP contribution in [0.2, 0.25) is 0 Å². The van der Waals surface area contributed by atoms with Crippen LogP contribution in [0.3, 0.4) is 0 Å². The SMILES string of the molecule is Cc1cc(OC(C)C)nc(NCC2CCC(Cl)CC2)n1. The van der Waals surface area contributed by atoms with Crippen molar-refractivity contribution < 1.29 is 4.74 Å². The largest absolute Gasteiger partial charge is 0.475 e. The summed E-state index contributed by atoms with van der Waals surface area (Å²) in [5.74, 6) is 1.97. The average Bonchev–Trinajstić information content (AvgIpc) is 2.36. The molecule has 4 nitrogen and oxygen atoms in total. The van der Waals surface area contributed by atoms with Crippen LogP contribution in [0.4, 0.5) is 5.95 Å². The monoisotopic (exact) mass is 297 g/mol. The summed E-state index contributed by atoms with van der Waals surface area (Å²) < 4.78 is 5.63. The van der Waals surface area contributed by atoms with Crippen LogP contribution in [-0.2, 0) is 0 Å². The zero-order valence-corrected chi connectivity index (χ0v) is 13.3. The van der Waals surface area contributed by atoms with Gasteiger partial charge in [-0.2, -0.15) is 4.98 Å². The molecule has 0 amide bonds. The van der Waals surface area contributed by atoms with Crippen molar-refractivity contribution in [2.75, 3.05) is 11.9 Å². The fourth-order valence-electron chi connectivity index (χ4n) is 2.48. The summed E-state index contributed by atoms with van der Waals surface area (Å²) in [6.45, 7) is 6.86. The lowest BCUT2D eigenvalue weighted by molar-refractivity contribution is 0.232. The highest BCUT2D eigenvalue weighted by atomic mass is 35.5. The molecule has 0 aromatic carbocycles. The lowest BCUT2D eigenvalue weighted by Crippen LogP contribution is -2.22. The van der Waals surface area contributed by atoms with Crippen molar-refractivity contribution >= 4 is 17.5 Å². The van der Waals surface area contributed by atoms with Gasteiger partial charge in [0.2, 0.25) is 11.8 Å². The van der Waals surface area contributed by atoms with Crippen LogP contribution in [0.1, 0.15) is 45.2 Å². The van der Waals surface area contributed by atoms with Crippen LogP contribution in [0, 0.1) is 12.8 Å². The van der Waals surface area contributed by atoms with Crippen molar-refractivity contribution in [1.82, 2.24) is 9.97 Å². The highest BCUT2D eigenvalue weighted by Crippen LogP contribution is 2.27. The maximum atomic E-state index is 6.13. The molecule has 0 atom stereocenters. The lowest BCUT2D eigenvalue weighted by atomic mass is 9.89. The summed E-state index contributed by atoms with van der Waals surface area (Å²) >= 11 is 6.13. The van der Waals surface area contributed by atoms with Crippen LogP contribution < -0.4 is 10.1 Å². The van der Waals surface area contributed by atoms with E-state index in [-0.39, 0.29) is 6.10 Å². The Hall–Kier alpha value is -1.03. The first-order chi connectivity index (χ1) is 9.52. The van der Waals surface area contributed by atoms with Crippen molar-refractivity contribution in [2.24, 2.45) is 5.92 Å². The minimum absolute atomic E-state index is 0.121. The van der Waals surface area contributed by atoms with E-state index >= 15 is 0 Å². The molecule has 0 bridgehead atoms. The van der Waals surface area contributed by atoms with E-state index < -0.39 is 0 Å². The molecule has 1 heterocycles. The van der Waals surface area contributed by atoms with E-state index in [0.29, 0.717) is 23.1 Å². The molecule has 20 heavy (non-hydrogen) atoms. The second-order valence-electron chi connectivity index (χ2n) is 5.84. The summed E-state index contributed by atoms with van der Waals surface area (Å²) in [5.41, 5.74) is 0.919. The zero-order valence-electron chi connectivity index (χ0n) is 12.5. The predicted molar refractivity (Wildman–Crippen MR) is 82.6 cm³/mol. The summed E-state index contributed by atoms with van der Waals surface area (Å²) in [5, 5.41) is 3.71. The Morgan fingerprint density at radius 1 is 1.30 bits per heavy atom. The van der Waals surface area contributed by atoms with Gasteiger partial charge in [-0.3, -0.25) is 0 Å². The van der Waals surface area contributed by atoms with E-state index in [1.807, 2.05) is 26.8 Å². The number of aryl methyl sites for hydroxylation is 1. The van der Waals surface area contributed by atoms with Crippen molar-refractivity contribution in [1.29, 1.82) is 0 Å². The van der Waals surface area contributed by atoms with Crippen LogP contribution in [-0.4, -0.2) is 28.0 Å². The molecule has 1 saturated carbocycles. The molecule has 2 rings (SSSR count). The molecule has 1 aliphatic carbocycles. The fourth-order valence-corrected chi connectivity index (χ4v) is 2.73. The third-order valence-electron chi connectivity index (χ3n) is 3.51. The van der Waals surface area contributed by atoms with Gasteiger partial charge in [0.15, 0.2) is 0 Å². The number of alkyl halides is 1. The maximum absolute atomic E-state index is 6.13. The van der Waals surface area contributed by atoms with E-state index in [0.717, 1.165) is 25.1 Å². The predicted octanol–water partition coefficient (Wildman–Crippen LogP) is 3.78. The van der Waals surface area contributed by atoms with E-state index in [2.05, 4.69) is 15.3 Å².